The van der Waals surface area contributed by atoms with Crippen LogP contribution in [0.4, 0.5) is 10.6 Å². The number of anilines is 1. The van der Waals surface area contributed by atoms with Gasteiger partial charge in [-0.15, -0.1) is 0 Å². The van der Waals surface area contributed by atoms with Crippen molar-refractivity contribution in [2.24, 2.45) is 11.7 Å². The van der Waals surface area contributed by atoms with Crippen LogP contribution in [0.2, 0.25) is 0 Å². The molecule has 0 spiro atoms. The number of amides is 3. The van der Waals surface area contributed by atoms with Gasteiger partial charge >= 0.3 is 12.0 Å². The van der Waals surface area contributed by atoms with E-state index in [4.69, 9.17) is 16.2 Å². The van der Waals surface area contributed by atoms with Crippen LogP contribution in [0.1, 0.15) is 45.3 Å². The molecular weight excluding hydrogens is 600 g/mol. The summed E-state index contributed by atoms with van der Waals surface area (Å²) in [4.78, 5) is 47.8. The molecule has 15 nitrogen and oxygen atoms in total. The van der Waals surface area contributed by atoms with E-state index in [1.165, 1.54) is 17.2 Å². The summed E-state index contributed by atoms with van der Waals surface area (Å²) in [6.45, 7) is 2.09. The van der Waals surface area contributed by atoms with Gasteiger partial charge in [0, 0.05) is 29.2 Å². The molecule has 3 unspecified atom stereocenters. The molecule has 9 N–H and O–H groups in total. The van der Waals surface area contributed by atoms with Crippen molar-refractivity contribution in [3.8, 4) is 0 Å². The third-order valence-electron chi connectivity index (χ3n) is 8.10. The highest BCUT2D eigenvalue weighted by molar-refractivity contribution is 8.16. The molecule has 2 saturated heterocycles. The summed E-state index contributed by atoms with van der Waals surface area (Å²) in [5.41, 5.74) is 11.8. The van der Waals surface area contributed by atoms with Crippen LogP contribution in [0.5, 0.6) is 0 Å². The van der Waals surface area contributed by atoms with Crippen LogP contribution in [-0.4, -0.2) is 112 Å². The molecule has 240 valence electrons. The van der Waals surface area contributed by atoms with Gasteiger partial charge in [0.2, 0.25) is 5.91 Å². The number of aliphatic carboxylic acids is 1. The molecule has 3 amide bonds. The smallest absolute Gasteiger partial charge is 0.326 e. The Morgan fingerprint density at radius 3 is 2.72 bits per heavy atom. The van der Waals surface area contributed by atoms with E-state index >= 15 is 0 Å². The number of imidazole rings is 1. The first-order valence-electron chi connectivity index (χ1n) is 14.3. The Hall–Kier alpha value is -2.86. The molecule has 0 aliphatic carbocycles. The molecule has 2 fully saturated rings. The fourth-order valence-electron chi connectivity index (χ4n) is 5.56. The lowest BCUT2D eigenvalue weighted by Crippen LogP contribution is -2.42. The van der Waals surface area contributed by atoms with Crippen LogP contribution >= 0.6 is 22.7 Å². The lowest BCUT2D eigenvalue weighted by molar-refractivity contribution is -0.141. The van der Waals surface area contributed by atoms with Gasteiger partial charge in [0.15, 0.2) is 17.7 Å². The standard InChI is InChI=1S/C26H42N8O7S2/c1-13-15(33-26(28)40)9-42-17(13)5-3-4-6-18(35)32-14(25(38)39)7-8-43(2)10-16-20(36)21(37)24(41-16)34-12-31-19-22(27)29-11-30-23(19)34/h11-17,20-21,24,36-37,43H,3-10H2,1-2H3,(H,32,35)(H,38,39)(H2,27,29,30)(H3,28,33,40)/t13?,14-,15?,16+,17+,20+,21+,24+/m0/s1. The van der Waals surface area contributed by atoms with E-state index in [9.17, 15) is 29.7 Å². The predicted octanol–water partition coefficient (Wildman–Crippen LogP) is -0.0330. The number of carboxylic acid groups (broad SMARTS) is 1. The summed E-state index contributed by atoms with van der Waals surface area (Å²) in [5, 5.41) is 36.9. The van der Waals surface area contributed by atoms with Crippen LogP contribution in [-0.2, 0) is 14.3 Å². The number of thiol groups is 1. The second-order valence-electron chi connectivity index (χ2n) is 11.2. The van der Waals surface area contributed by atoms with Gasteiger partial charge in [0.25, 0.3) is 0 Å². The van der Waals surface area contributed by atoms with Gasteiger partial charge in [-0.25, -0.2) is 24.5 Å². The van der Waals surface area contributed by atoms with Crippen molar-refractivity contribution in [2.45, 2.75) is 80.9 Å². The minimum atomic E-state index is -1.23. The summed E-state index contributed by atoms with van der Waals surface area (Å²) in [6, 6.07) is -1.48. The van der Waals surface area contributed by atoms with Gasteiger partial charge in [0.05, 0.1) is 12.4 Å². The lowest BCUT2D eigenvalue weighted by atomic mass is 9.96. The van der Waals surface area contributed by atoms with Gasteiger partial charge < -0.3 is 42.2 Å². The molecule has 9 atom stereocenters. The Morgan fingerprint density at radius 2 is 2.00 bits per heavy atom. The number of nitrogens with one attached hydrogen (secondary N) is 2. The normalized spacial score (nSPS) is 28.9. The second kappa shape index (κ2) is 14.7. The Bertz CT molecular complexity index is 1290. The third kappa shape index (κ3) is 8.20. The van der Waals surface area contributed by atoms with E-state index in [1.807, 2.05) is 6.26 Å². The summed E-state index contributed by atoms with van der Waals surface area (Å²) in [6.07, 6.45) is 3.56. The number of unbranched alkanes of at least 4 members (excludes halogenated alkanes) is 1. The zero-order chi connectivity index (χ0) is 31.3. The number of nitrogen functional groups attached to an aromatic ring is 1. The van der Waals surface area contributed by atoms with E-state index in [2.05, 4.69) is 32.5 Å². The van der Waals surface area contributed by atoms with Crippen molar-refractivity contribution in [3.63, 3.8) is 0 Å². The maximum Gasteiger partial charge on any atom is 0.326 e. The average Bonchev–Trinajstić information content (AvgIpc) is 3.61. The van der Waals surface area contributed by atoms with Crippen LogP contribution < -0.4 is 22.1 Å². The zero-order valence-electron chi connectivity index (χ0n) is 24.2. The largest absolute Gasteiger partial charge is 0.480 e. The minimum absolute atomic E-state index is 0.0538. The molecule has 17 heteroatoms. The summed E-state index contributed by atoms with van der Waals surface area (Å²) >= 11 is 1.80. The number of thioether (sulfide) groups is 1. The van der Waals surface area contributed by atoms with Crippen molar-refractivity contribution >= 4 is 57.5 Å². The monoisotopic (exact) mass is 642 g/mol. The van der Waals surface area contributed by atoms with Gasteiger partial charge in [-0.05, 0) is 37.2 Å². The van der Waals surface area contributed by atoms with E-state index in [-0.39, 0.29) is 36.5 Å². The number of hydrogen-bond acceptors (Lipinski definition) is 11. The van der Waals surface area contributed by atoms with Gasteiger partial charge in [-0.1, -0.05) is 13.3 Å². The number of primary amides is 1. The number of carboxylic acids is 1. The third-order valence-corrected chi connectivity index (χ3v) is 11.8. The number of aromatic nitrogens is 4. The number of aliphatic hydroxyl groups excluding tert-OH is 2. The predicted molar refractivity (Wildman–Crippen MR) is 165 cm³/mol. The first kappa shape index (κ1) is 33.0. The van der Waals surface area contributed by atoms with Gasteiger partial charge in [0.1, 0.15) is 30.1 Å². The summed E-state index contributed by atoms with van der Waals surface area (Å²) < 4.78 is 7.53. The fourth-order valence-corrected chi connectivity index (χ4v) is 9.03. The average molecular weight is 643 g/mol. The lowest BCUT2D eigenvalue weighted by Gasteiger charge is -2.24. The Labute approximate surface area is 256 Å². The molecule has 4 rings (SSSR count). The van der Waals surface area contributed by atoms with Crippen molar-refractivity contribution in [1.82, 2.24) is 30.2 Å². The Morgan fingerprint density at radius 1 is 1.23 bits per heavy atom. The number of ether oxygens (including phenoxy) is 1. The number of carbonyl (C=O) groups excluding carboxylic acids is 2. The molecule has 2 aromatic heterocycles. The first-order chi connectivity index (χ1) is 20.5. The number of rotatable bonds is 14. The SMILES string of the molecule is CC1C(NC(N)=O)CS[C@@H]1CCCCC(=O)N[C@@H](CC[SH](C)C[C@H]1O[C@@H](n2cnc3c(N)ncnc32)[C@H](O)[C@@H]1O)C(=O)O. The Balaban J connectivity index is 1.19. The second-order valence-corrected chi connectivity index (χ2v) is 15.0. The maximum atomic E-state index is 12.5. The molecule has 0 aromatic carbocycles. The number of fused-ring (bicyclic) bond motifs is 1. The number of carbonyl (C=O) groups is 3. The highest BCUT2D eigenvalue weighted by Crippen LogP contribution is 2.37. The van der Waals surface area contributed by atoms with Crippen molar-refractivity contribution < 1.29 is 34.4 Å². The quantitative estimate of drug-likeness (QED) is 0.100. The molecule has 0 bridgehead atoms. The summed E-state index contributed by atoms with van der Waals surface area (Å²) in [7, 11) is -0.786. The molecule has 4 heterocycles. The van der Waals surface area contributed by atoms with E-state index in [0.29, 0.717) is 34.3 Å². The Kier molecular flexibility index (Phi) is 11.3. The molecule has 2 aliphatic heterocycles. The minimum Gasteiger partial charge on any atom is -0.480 e. The molecule has 43 heavy (non-hydrogen) atoms. The van der Waals surface area contributed by atoms with Gasteiger partial charge in [-0.2, -0.15) is 11.8 Å². The van der Waals surface area contributed by atoms with Crippen LogP contribution in [0.3, 0.4) is 0 Å². The number of nitrogens with two attached hydrogens (primary N) is 2. The number of urea groups is 1. The van der Waals surface area contributed by atoms with E-state index < -0.39 is 53.5 Å². The van der Waals surface area contributed by atoms with Crippen molar-refractivity contribution in [3.05, 3.63) is 12.7 Å². The maximum absolute atomic E-state index is 12.5. The first-order valence-corrected chi connectivity index (χ1v) is 17.5. The molecule has 0 saturated carbocycles. The van der Waals surface area contributed by atoms with Crippen LogP contribution in [0, 0.1) is 5.92 Å². The fraction of sp³-hybridized carbons (Fsp3) is 0.692. The highest BCUT2D eigenvalue weighted by Gasteiger charge is 2.44. The topological polar surface area (TPSA) is 241 Å². The van der Waals surface area contributed by atoms with E-state index in [0.717, 1.165) is 18.6 Å². The molecule has 2 aliphatic rings. The molecule has 2 aromatic rings. The highest BCUT2D eigenvalue weighted by atomic mass is 32.2. The summed E-state index contributed by atoms with van der Waals surface area (Å²) in [5.74, 6) is 0.854. The number of aliphatic hydroxyl groups is 2. The zero-order valence-corrected chi connectivity index (χ0v) is 25.9. The van der Waals surface area contributed by atoms with E-state index in [1.54, 1.807) is 11.8 Å². The molecular formula is C26H42N8O7S2. The number of nitrogens with zero attached hydrogens (tertiary/aromatic N) is 4. The van der Waals surface area contributed by atoms with Crippen molar-refractivity contribution in [2.75, 3.05) is 29.2 Å². The van der Waals surface area contributed by atoms with Crippen LogP contribution in [0.25, 0.3) is 11.2 Å². The number of hydrogen-bond donors (Lipinski definition) is 8. The van der Waals surface area contributed by atoms with Crippen molar-refractivity contribution in [1.29, 1.82) is 0 Å². The van der Waals surface area contributed by atoms with Gasteiger partial charge in [-0.3, -0.25) is 20.3 Å². The molecule has 0 radical (unpaired) electrons. The van der Waals surface area contributed by atoms with Crippen LogP contribution in [0.15, 0.2) is 12.7 Å².